The average Bonchev–Trinajstić information content (AvgIpc) is 3.12. The van der Waals surface area contributed by atoms with Gasteiger partial charge in [0, 0.05) is 32.4 Å². The SMILES string of the molecule is Cc1nc(S(=O)(=O)N(CCCCO)C2CC2)cn1C. The number of unbranched alkanes of at least 4 members (excludes halogenated alkanes) is 1. The van der Waals surface area contributed by atoms with Gasteiger partial charge in [-0.1, -0.05) is 0 Å². The molecule has 1 aliphatic rings. The molecule has 1 heterocycles. The molecule has 1 saturated carbocycles. The fourth-order valence-electron chi connectivity index (χ4n) is 2.01. The molecule has 0 saturated heterocycles. The molecule has 1 aliphatic carbocycles. The van der Waals surface area contributed by atoms with E-state index in [0.29, 0.717) is 25.2 Å². The van der Waals surface area contributed by atoms with E-state index in [9.17, 15) is 8.42 Å². The lowest BCUT2D eigenvalue weighted by Crippen LogP contribution is -2.34. The summed E-state index contributed by atoms with van der Waals surface area (Å²) in [5.41, 5.74) is 0. The van der Waals surface area contributed by atoms with Crippen LogP contribution in [0.25, 0.3) is 0 Å². The van der Waals surface area contributed by atoms with Gasteiger partial charge in [0.1, 0.15) is 5.82 Å². The maximum absolute atomic E-state index is 12.6. The minimum atomic E-state index is -3.50. The third-order valence-corrected chi connectivity index (χ3v) is 5.22. The van der Waals surface area contributed by atoms with Crippen LogP contribution in [0.4, 0.5) is 0 Å². The van der Waals surface area contributed by atoms with Gasteiger partial charge in [-0.25, -0.2) is 13.4 Å². The van der Waals surface area contributed by atoms with Crippen molar-refractivity contribution in [3.05, 3.63) is 12.0 Å². The number of rotatable bonds is 7. The number of aryl methyl sites for hydroxylation is 2. The van der Waals surface area contributed by atoms with Gasteiger partial charge in [-0.3, -0.25) is 0 Å². The van der Waals surface area contributed by atoms with Crippen molar-refractivity contribution in [3.63, 3.8) is 0 Å². The van der Waals surface area contributed by atoms with E-state index in [1.54, 1.807) is 29.0 Å². The molecule has 0 aromatic carbocycles. The number of imidazole rings is 1. The standard InChI is InChI=1S/C12H21N3O3S/c1-10-13-12(9-14(10)2)19(17,18)15(11-5-6-11)7-3-4-8-16/h9,11,16H,3-8H2,1-2H3. The number of aromatic nitrogens is 2. The smallest absolute Gasteiger partial charge is 0.262 e. The first-order valence-electron chi connectivity index (χ1n) is 6.59. The molecular formula is C12H21N3O3S. The third kappa shape index (κ3) is 3.16. The lowest BCUT2D eigenvalue weighted by atomic mass is 10.3. The van der Waals surface area contributed by atoms with Crippen molar-refractivity contribution in [3.8, 4) is 0 Å². The quantitative estimate of drug-likeness (QED) is 0.747. The van der Waals surface area contributed by atoms with Crippen LogP contribution in [0.3, 0.4) is 0 Å². The zero-order chi connectivity index (χ0) is 14.0. The monoisotopic (exact) mass is 287 g/mol. The van der Waals surface area contributed by atoms with E-state index in [1.807, 2.05) is 0 Å². The van der Waals surface area contributed by atoms with Gasteiger partial charge in [0.25, 0.3) is 10.0 Å². The highest BCUT2D eigenvalue weighted by molar-refractivity contribution is 7.89. The highest BCUT2D eigenvalue weighted by atomic mass is 32.2. The maximum Gasteiger partial charge on any atom is 0.262 e. The van der Waals surface area contributed by atoms with Crippen LogP contribution in [0.1, 0.15) is 31.5 Å². The molecule has 1 aromatic rings. The molecule has 0 aliphatic heterocycles. The number of hydrogen-bond acceptors (Lipinski definition) is 4. The molecule has 6 nitrogen and oxygen atoms in total. The summed E-state index contributed by atoms with van der Waals surface area (Å²) >= 11 is 0. The summed E-state index contributed by atoms with van der Waals surface area (Å²) in [7, 11) is -1.71. The molecule has 1 fully saturated rings. The maximum atomic E-state index is 12.6. The molecule has 2 rings (SSSR count). The van der Waals surface area contributed by atoms with Crippen LogP contribution in [0.15, 0.2) is 11.2 Å². The summed E-state index contributed by atoms with van der Waals surface area (Å²) in [4.78, 5) is 4.13. The Morgan fingerprint density at radius 2 is 2.16 bits per heavy atom. The number of sulfonamides is 1. The van der Waals surface area contributed by atoms with Crippen molar-refractivity contribution in [2.24, 2.45) is 7.05 Å². The molecule has 108 valence electrons. The first kappa shape index (κ1) is 14.5. The van der Waals surface area contributed by atoms with Crippen LogP contribution < -0.4 is 0 Å². The highest BCUT2D eigenvalue weighted by Crippen LogP contribution is 2.32. The first-order chi connectivity index (χ1) is 8.96. The van der Waals surface area contributed by atoms with Gasteiger partial charge < -0.3 is 9.67 Å². The minimum absolute atomic E-state index is 0.0985. The molecular weight excluding hydrogens is 266 g/mol. The van der Waals surface area contributed by atoms with Crippen molar-refractivity contribution in [2.75, 3.05) is 13.2 Å². The Morgan fingerprint density at radius 1 is 1.47 bits per heavy atom. The van der Waals surface area contributed by atoms with Gasteiger partial charge in [0.15, 0.2) is 5.03 Å². The summed E-state index contributed by atoms with van der Waals surface area (Å²) in [6.45, 7) is 2.34. The molecule has 0 unspecified atom stereocenters. The van der Waals surface area contributed by atoms with Crippen LogP contribution in [-0.2, 0) is 17.1 Å². The van der Waals surface area contributed by atoms with Crippen LogP contribution in [-0.4, -0.2) is 46.6 Å². The number of nitrogens with zero attached hydrogens (tertiary/aromatic N) is 3. The van der Waals surface area contributed by atoms with Crippen molar-refractivity contribution >= 4 is 10.0 Å². The fraction of sp³-hybridized carbons (Fsp3) is 0.750. The van der Waals surface area contributed by atoms with E-state index in [2.05, 4.69) is 4.98 Å². The fourth-order valence-corrected chi connectivity index (χ4v) is 3.76. The number of aliphatic hydroxyl groups is 1. The van der Waals surface area contributed by atoms with Crippen LogP contribution >= 0.6 is 0 Å². The predicted molar refractivity (Wildman–Crippen MR) is 71.2 cm³/mol. The normalized spacial score (nSPS) is 16.2. The van der Waals surface area contributed by atoms with E-state index in [0.717, 1.165) is 12.8 Å². The lowest BCUT2D eigenvalue weighted by molar-refractivity contribution is 0.275. The van der Waals surface area contributed by atoms with Gasteiger partial charge in [0.05, 0.1) is 0 Å². The van der Waals surface area contributed by atoms with Gasteiger partial charge in [0.2, 0.25) is 0 Å². The van der Waals surface area contributed by atoms with Gasteiger partial charge in [-0.15, -0.1) is 0 Å². The lowest BCUT2D eigenvalue weighted by Gasteiger charge is -2.20. The van der Waals surface area contributed by atoms with Crippen LogP contribution in [0, 0.1) is 6.92 Å². The predicted octanol–water partition coefficient (Wildman–Crippen LogP) is 0.654. The summed E-state index contributed by atoms with van der Waals surface area (Å²) in [6, 6.07) is 0.117. The zero-order valence-corrected chi connectivity index (χ0v) is 12.2. The average molecular weight is 287 g/mol. The van der Waals surface area contributed by atoms with Gasteiger partial charge in [-0.2, -0.15) is 4.31 Å². The van der Waals surface area contributed by atoms with E-state index in [1.165, 1.54) is 0 Å². The van der Waals surface area contributed by atoms with Crippen molar-refractivity contribution in [1.29, 1.82) is 0 Å². The Bertz CT molecular complexity index is 515. The molecule has 1 aromatic heterocycles. The Balaban J connectivity index is 2.19. The molecule has 7 heteroatoms. The van der Waals surface area contributed by atoms with E-state index in [4.69, 9.17) is 5.11 Å². The molecule has 1 N–H and O–H groups in total. The van der Waals surface area contributed by atoms with E-state index < -0.39 is 10.0 Å². The van der Waals surface area contributed by atoms with Gasteiger partial charge >= 0.3 is 0 Å². The van der Waals surface area contributed by atoms with Crippen LogP contribution in [0.5, 0.6) is 0 Å². The molecule has 0 amide bonds. The first-order valence-corrected chi connectivity index (χ1v) is 8.03. The highest BCUT2D eigenvalue weighted by Gasteiger charge is 2.38. The molecule has 0 atom stereocenters. The Hall–Kier alpha value is -0.920. The van der Waals surface area contributed by atoms with Crippen LogP contribution in [0.2, 0.25) is 0 Å². The summed E-state index contributed by atoms with van der Waals surface area (Å²) < 4.78 is 28.4. The Morgan fingerprint density at radius 3 is 2.63 bits per heavy atom. The Kier molecular flexibility index (Phi) is 4.27. The zero-order valence-electron chi connectivity index (χ0n) is 11.4. The minimum Gasteiger partial charge on any atom is -0.396 e. The molecule has 0 bridgehead atoms. The summed E-state index contributed by atoms with van der Waals surface area (Å²) in [5, 5.41) is 8.94. The second-order valence-corrected chi connectivity index (χ2v) is 6.85. The largest absolute Gasteiger partial charge is 0.396 e. The third-order valence-electron chi connectivity index (χ3n) is 3.40. The molecule has 19 heavy (non-hydrogen) atoms. The van der Waals surface area contributed by atoms with Crippen molar-refractivity contribution in [2.45, 2.75) is 43.7 Å². The van der Waals surface area contributed by atoms with E-state index >= 15 is 0 Å². The number of hydrogen-bond donors (Lipinski definition) is 1. The second kappa shape index (κ2) is 5.60. The summed E-state index contributed by atoms with van der Waals surface area (Å²) in [5.74, 6) is 0.685. The summed E-state index contributed by atoms with van der Waals surface area (Å²) in [6.07, 6.45) is 4.71. The van der Waals surface area contributed by atoms with Crippen molar-refractivity contribution in [1.82, 2.24) is 13.9 Å². The topological polar surface area (TPSA) is 75.4 Å². The Labute approximate surface area is 114 Å². The number of aliphatic hydroxyl groups excluding tert-OH is 1. The second-order valence-electron chi connectivity index (χ2n) is 5.01. The molecule has 0 spiro atoms. The van der Waals surface area contributed by atoms with E-state index in [-0.39, 0.29) is 17.7 Å². The molecule has 0 radical (unpaired) electrons. The van der Waals surface area contributed by atoms with Gasteiger partial charge in [-0.05, 0) is 32.6 Å². The van der Waals surface area contributed by atoms with Crippen molar-refractivity contribution < 1.29 is 13.5 Å².